The lowest BCUT2D eigenvalue weighted by molar-refractivity contribution is 0.0250. The van der Waals surface area contributed by atoms with Gasteiger partial charge in [0.05, 0.1) is 34.9 Å². The highest BCUT2D eigenvalue weighted by Crippen LogP contribution is 2.22. The van der Waals surface area contributed by atoms with E-state index < -0.39 is 0 Å². The third-order valence-corrected chi connectivity index (χ3v) is 4.20. The predicted octanol–water partition coefficient (Wildman–Crippen LogP) is 2.32. The van der Waals surface area contributed by atoms with Gasteiger partial charge in [0.15, 0.2) is 0 Å². The topological polar surface area (TPSA) is 91.9 Å². The summed E-state index contributed by atoms with van der Waals surface area (Å²) in [5, 5.41) is 13.2. The fourth-order valence-electron chi connectivity index (χ4n) is 2.54. The number of aromatic amines is 1. The van der Waals surface area contributed by atoms with Gasteiger partial charge in [0.25, 0.3) is 5.91 Å². The molecule has 2 aromatic heterocycles. The number of nitrogens with zero attached hydrogens (tertiary/aromatic N) is 2. The molecule has 3 rings (SSSR count). The van der Waals surface area contributed by atoms with E-state index in [1.807, 2.05) is 13.0 Å². The number of hydrogen-bond acceptors (Lipinski definition) is 5. The summed E-state index contributed by atoms with van der Waals surface area (Å²) in [5.41, 5.74) is 2.41. The van der Waals surface area contributed by atoms with Gasteiger partial charge in [-0.25, -0.2) is 0 Å². The van der Waals surface area contributed by atoms with E-state index in [2.05, 4.69) is 25.8 Å². The molecule has 0 aromatic carbocycles. The van der Waals surface area contributed by atoms with Gasteiger partial charge in [0, 0.05) is 13.1 Å². The average molecular weight is 350 g/mol. The van der Waals surface area contributed by atoms with Gasteiger partial charge in [0.1, 0.15) is 11.8 Å². The van der Waals surface area contributed by atoms with Crippen molar-refractivity contribution in [3.8, 4) is 0 Å². The number of ether oxygens (including phenoxy) is 1. The zero-order valence-corrected chi connectivity index (χ0v) is 14.2. The molecular formula is C16H20ClN5O2. The number of halogens is 1. The molecule has 0 radical (unpaired) electrons. The predicted molar refractivity (Wildman–Crippen MR) is 91.3 cm³/mol. The minimum Gasteiger partial charge on any atom is -0.369 e. The van der Waals surface area contributed by atoms with E-state index in [4.69, 9.17) is 16.3 Å². The maximum atomic E-state index is 12.3. The highest BCUT2D eigenvalue weighted by Gasteiger charge is 2.19. The summed E-state index contributed by atoms with van der Waals surface area (Å²) in [4.78, 5) is 16.7. The van der Waals surface area contributed by atoms with E-state index in [9.17, 15) is 4.79 Å². The average Bonchev–Trinajstić information content (AvgIpc) is 2.98. The first-order chi connectivity index (χ1) is 11.7. The van der Waals surface area contributed by atoms with Gasteiger partial charge in [-0.15, -0.1) is 0 Å². The number of nitrogens with one attached hydrogen (secondary N) is 3. The quantitative estimate of drug-likeness (QED) is 0.770. The van der Waals surface area contributed by atoms with Crippen LogP contribution in [0.3, 0.4) is 0 Å². The highest BCUT2D eigenvalue weighted by atomic mass is 35.5. The normalized spacial score (nSPS) is 17.7. The van der Waals surface area contributed by atoms with Crippen LogP contribution in [0, 0.1) is 0 Å². The lowest BCUT2D eigenvalue weighted by Crippen LogP contribution is -2.33. The lowest BCUT2D eigenvalue weighted by Gasteiger charge is -2.23. The second kappa shape index (κ2) is 7.74. The third-order valence-electron chi connectivity index (χ3n) is 3.79. The first-order valence-corrected chi connectivity index (χ1v) is 8.39. The summed E-state index contributed by atoms with van der Waals surface area (Å²) in [6.45, 7) is 4.30. The molecule has 1 atom stereocenters. The van der Waals surface area contributed by atoms with Crippen LogP contribution < -0.4 is 10.6 Å². The van der Waals surface area contributed by atoms with Crippen molar-refractivity contribution in [3.05, 3.63) is 40.4 Å². The second-order valence-electron chi connectivity index (χ2n) is 5.60. The van der Waals surface area contributed by atoms with Crippen molar-refractivity contribution in [1.82, 2.24) is 20.5 Å². The van der Waals surface area contributed by atoms with Crippen molar-refractivity contribution in [2.24, 2.45) is 0 Å². The number of pyridine rings is 1. The second-order valence-corrected chi connectivity index (χ2v) is 5.98. The Labute approximate surface area is 145 Å². The summed E-state index contributed by atoms with van der Waals surface area (Å²) >= 11 is 6.20. The molecule has 128 valence electrons. The van der Waals surface area contributed by atoms with Crippen molar-refractivity contribution >= 4 is 23.2 Å². The van der Waals surface area contributed by atoms with Gasteiger partial charge >= 0.3 is 0 Å². The molecule has 8 heteroatoms. The maximum absolute atomic E-state index is 12.3. The Morgan fingerprint density at radius 2 is 2.38 bits per heavy atom. The number of amides is 1. The minimum atomic E-state index is -0.333. The molecule has 0 unspecified atom stereocenters. The summed E-state index contributed by atoms with van der Waals surface area (Å²) in [6, 6.07) is 3.65. The van der Waals surface area contributed by atoms with E-state index in [0.29, 0.717) is 23.0 Å². The van der Waals surface area contributed by atoms with Crippen LogP contribution >= 0.6 is 11.6 Å². The van der Waals surface area contributed by atoms with Gasteiger partial charge in [0.2, 0.25) is 0 Å². The zero-order chi connectivity index (χ0) is 16.9. The molecule has 0 spiro atoms. The number of aryl methyl sites for hydroxylation is 1. The minimum absolute atomic E-state index is 0.0536. The van der Waals surface area contributed by atoms with E-state index in [-0.39, 0.29) is 17.7 Å². The Kier molecular flexibility index (Phi) is 5.44. The number of anilines is 1. The van der Waals surface area contributed by atoms with Crippen LogP contribution in [0.1, 0.15) is 41.3 Å². The van der Waals surface area contributed by atoms with Crippen LogP contribution in [0.2, 0.25) is 5.02 Å². The lowest BCUT2D eigenvalue weighted by atomic mass is 10.2. The van der Waals surface area contributed by atoms with Gasteiger partial charge in [-0.05, 0) is 18.6 Å². The molecule has 2 aromatic rings. The highest BCUT2D eigenvalue weighted by molar-refractivity contribution is 6.34. The Bertz CT molecular complexity index is 695. The van der Waals surface area contributed by atoms with Crippen LogP contribution in [-0.2, 0) is 11.2 Å². The summed E-state index contributed by atoms with van der Waals surface area (Å²) in [5.74, 6) is -0.333. The van der Waals surface area contributed by atoms with E-state index >= 15 is 0 Å². The van der Waals surface area contributed by atoms with Crippen LogP contribution in [0.25, 0.3) is 0 Å². The Morgan fingerprint density at radius 1 is 1.50 bits per heavy atom. The molecule has 1 saturated heterocycles. The number of carbonyl (C=O) groups is 1. The Morgan fingerprint density at radius 3 is 3.04 bits per heavy atom. The molecule has 1 fully saturated rings. The fourth-order valence-corrected chi connectivity index (χ4v) is 2.80. The zero-order valence-electron chi connectivity index (χ0n) is 13.4. The van der Waals surface area contributed by atoms with Gasteiger partial charge in [-0.3, -0.25) is 14.9 Å². The number of rotatable bonds is 5. The third kappa shape index (κ3) is 3.75. The van der Waals surface area contributed by atoms with Crippen LogP contribution in [0.5, 0.6) is 0 Å². The SMILES string of the molecule is CCCc1n[nH]c(C(=O)Nc2ccc([C@@H]3CNCCO3)nc2)c1Cl. The molecule has 7 nitrogen and oxygen atoms in total. The standard InChI is InChI=1S/C16H20ClN5O2/c1-2-3-12-14(17)15(22-21-12)16(23)20-10-4-5-11(19-8-10)13-9-18-6-7-24-13/h4-5,8,13,18H,2-3,6-7,9H2,1H3,(H,20,23)(H,21,22)/t13-/m0/s1. The largest absolute Gasteiger partial charge is 0.369 e. The van der Waals surface area contributed by atoms with Gasteiger partial charge in [-0.1, -0.05) is 24.9 Å². The molecule has 0 saturated carbocycles. The molecule has 0 aliphatic carbocycles. The monoisotopic (exact) mass is 349 g/mol. The summed E-state index contributed by atoms with van der Waals surface area (Å²) < 4.78 is 5.65. The molecule has 3 N–H and O–H groups in total. The molecule has 0 bridgehead atoms. The maximum Gasteiger partial charge on any atom is 0.275 e. The smallest absolute Gasteiger partial charge is 0.275 e. The van der Waals surface area contributed by atoms with E-state index in [1.165, 1.54) is 0 Å². The van der Waals surface area contributed by atoms with Crippen molar-refractivity contribution in [2.45, 2.75) is 25.9 Å². The molecule has 3 heterocycles. The van der Waals surface area contributed by atoms with E-state index in [0.717, 1.165) is 31.6 Å². The van der Waals surface area contributed by atoms with Crippen LogP contribution in [0.15, 0.2) is 18.3 Å². The number of morpholine rings is 1. The summed E-state index contributed by atoms with van der Waals surface area (Å²) in [6.07, 6.45) is 3.20. The van der Waals surface area contributed by atoms with Crippen molar-refractivity contribution in [3.63, 3.8) is 0 Å². The van der Waals surface area contributed by atoms with E-state index in [1.54, 1.807) is 12.3 Å². The number of hydrogen-bond donors (Lipinski definition) is 3. The van der Waals surface area contributed by atoms with Gasteiger partial charge < -0.3 is 15.4 Å². The molecule has 1 aliphatic rings. The molecular weight excluding hydrogens is 330 g/mol. The Hall–Kier alpha value is -1.96. The first-order valence-electron chi connectivity index (χ1n) is 8.01. The van der Waals surface area contributed by atoms with Crippen LogP contribution in [0.4, 0.5) is 5.69 Å². The number of H-pyrrole nitrogens is 1. The van der Waals surface area contributed by atoms with Crippen molar-refractivity contribution in [1.29, 1.82) is 0 Å². The van der Waals surface area contributed by atoms with Crippen molar-refractivity contribution < 1.29 is 9.53 Å². The van der Waals surface area contributed by atoms with Gasteiger partial charge in [-0.2, -0.15) is 5.10 Å². The molecule has 1 aliphatic heterocycles. The fraction of sp³-hybridized carbons (Fsp3) is 0.438. The molecule has 24 heavy (non-hydrogen) atoms. The summed E-state index contributed by atoms with van der Waals surface area (Å²) in [7, 11) is 0. The first kappa shape index (κ1) is 16.9. The van der Waals surface area contributed by atoms with Crippen molar-refractivity contribution in [2.75, 3.05) is 25.0 Å². The molecule has 1 amide bonds. The Balaban J connectivity index is 1.66. The van der Waals surface area contributed by atoms with Crippen LogP contribution in [-0.4, -0.2) is 40.8 Å². The number of aromatic nitrogens is 3. The number of carbonyl (C=O) groups excluding carboxylic acids is 1.